The molecule has 0 spiro atoms. The highest BCUT2D eigenvalue weighted by Gasteiger charge is 2.23. The number of rotatable bonds is 11. The number of aromatic nitrogens is 2. The lowest BCUT2D eigenvalue weighted by Crippen LogP contribution is -2.47. The maximum Gasteiger partial charge on any atom is 0.266 e. The van der Waals surface area contributed by atoms with E-state index in [1.54, 1.807) is 18.2 Å². The first-order chi connectivity index (χ1) is 20.3. The van der Waals surface area contributed by atoms with Crippen LogP contribution in [0.1, 0.15) is 30.0 Å². The Morgan fingerprint density at radius 1 is 1.00 bits per heavy atom. The maximum absolute atomic E-state index is 13.9. The topological polar surface area (TPSA) is 76.9 Å². The molecule has 4 aromatic rings. The summed E-state index contributed by atoms with van der Waals surface area (Å²) in [6.45, 7) is 7.64. The van der Waals surface area contributed by atoms with E-state index in [2.05, 4.69) is 9.80 Å². The minimum Gasteiger partial charge on any atom is -0.492 e. The molecule has 0 atom stereocenters. The van der Waals surface area contributed by atoms with E-state index in [1.165, 1.54) is 16.7 Å². The molecule has 220 valence electrons. The van der Waals surface area contributed by atoms with Crippen LogP contribution in [0.3, 0.4) is 0 Å². The van der Waals surface area contributed by atoms with Gasteiger partial charge in [-0.25, -0.2) is 9.37 Å². The summed E-state index contributed by atoms with van der Waals surface area (Å²) in [5, 5.41) is 1.12. The number of alkyl halides is 1. The number of piperazine rings is 1. The smallest absolute Gasteiger partial charge is 0.266 e. The minimum atomic E-state index is -1.13. The predicted octanol–water partition coefficient (Wildman–Crippen LogP) is 5.18. The van der Waals surface area contributed by atoms with Crippen molar-refractivity contribution in [2.45, 2.75) is 26.5 Å². The first-order valence-electron chi connectivity index (χ1n) is 14.1. The molecule has 0 radical (unpaired) electrons. The molecule has 5 rings (SSSR count). The lowest BCUT2D eigenvalue weighted by atomic mass is 10.1. The van der Waals surface area contributed by atoms with Gasteiger partial charge in [0.25, 0.3) is 5.56 Å². The molecule has 0 amide bonds. The van der Waals surface area contributed by atoms with Gasteiger partial charge in [0.05, 0.1) is 29.2 Å². The van der Waals surface area contributed by atoms with Gasteiger partial charge in [0.2, 0.25) is 0 Å². The molecule has 10 heteroatoms. The Morgan fingerprint density at radius 3 is 2.43 bits per heavy atom. The Bertz CT molecular complexity index is 1600. The third kappa shape index (κ3) is 6.98. The van der Waals surface area contributed by atoms with Crippen molar-refractivity contribution in [2.75, 3.05) is 46.0 Å². The third-order valence-corrected chi connectivity index (χ3v) is 7.42. The number of ketones is 1. The fourth-order valence-corrected chi connectivity index (χ4v) is 5.15. The van der Waals surface area contributed by atoms with Crippen LogP contribution < -0.4 is 15.0 Å². The van der Waals surface area contributed by atoms with Crippen molar-refractivity contribution in [3.63, 3.8) is 0 Å². The molecule has 0 bridgehead atoms. The van der Waals surface area contributed by atoms with Gasteiger partial charge in [0.15, 0.2) is 12.5 Å². The molecule has 1 saturated heterocycles. The molecule has 3 aromatic carbocycles. The van der Waals surface area contributed by atoms with Crippen molar-refractivity contribution in [2.24, 2.45) is 0 Å². The summed E-state index contributed by atoms with van der Waals surface area (Å²) in [5.74, 6) is 1.08. The fourth-order valence-electron chi connectivity index (χ4n) is 5.02. The fraction of sp³-hybridized carbons (Fsp3) is 0.344. The highest BCUT2D eigenvalue weighted by Crippen LogP contribution is 2.27. The normalized spacial score (nSPS) is 14.4. The second kappa shape index (κ2) is 13.5. The lowest BCUT2D eigenvalue weighted by molar-refractivity contribution is 0.0958. The molecule has 1 aliphatic heterocycles. The lowest BCUT2D eigenvalue weighted by Gasteiger charge is -2.34. The summed E-state index contributed by atoms with van der Waals surface area (Å²) in [6.07, 6.45) is -0.184. The van der Waals surface area contributed by atoms with Crippen LogP contribution in [-0.4, -0.2) is 77.2 Å². The van der Waals surface area contributed by atoms with Gasteiger partial charge in [-0.05, 0) is 68.4 Å². The number of Topliss-reactive ketones (excluding diaryl/α,β-unsaturated/α-hetero) is 1. The van der Waals surface area contributed by atoms with Crippen LogP contribution in [0.5, 0.6) is 11.5 Å². The van der Waals surface area contributed by atoms with E-state index in [1.807, 2.05) is 50.2 Å². The second-order valence-electron chi connectivity index (χ2n) is 10.5. The van der Waals surface area contributed by atoms with E-state index in [9.17, 15) is 14.0 Å². The van der Waals surface area contributed by atoms with Gasteiger partial charge in [-0.1, -0.05) is 23.7 Å². The average Bonchev–Trinajstić information content (AvgIpc) is 2.99. The van der Waals surface area contributed by atoms with Gasteiger partial charge >= 0.3 is 0 Å². The number of carbonyl (C=O) groups excluding carboxylic acids is 1. The standard InChI is InChI=1S/C32H34ClFN4O4/c1-22(2)42-30-12-7-23(29(39)20-34)19-28(30)38-31(35-27-6-4-3-5-26(27)32(38)40)21-37-15-13-36(14-16-37)17-18-41-25-10-8-24(33)9-11-25/h3-12,19,22H,13-18,20-21H2,1-2H3. The molecule has 0 saturated carbocycles. The van der Waals surface area contributed by atoms with Crippen LogP contribution in [0.2, 0.25) is 5.02 Å². The van der Waals surface area contributed by atoms with Crippen molar-refractivity contribution < 1.29 is 18.7 Å². The summed E-state index contributed by atoms with van der Waals surface area (Å²) < 4.78 is 26.7. The zero-order chi connectivity index (χ0) is 29.6. The Balaban J connectivity index is 1.39. The number of ether oxygens (including phenoxy) is 2. The molecule has 1 aromatic heterocycles. The van der Waals surface area contributed by atoms with Crippen LogP contribution in [0, 0.1) is 0 Å². The van der Waals surface area contributed by atoms with Crippen molar-refractivity contribution in [1.82, 2.24) is 19.4 Å². The number of carbonyl (C=O) groups is 1. The van der Waals surface area contributed by atoms with Crippen LogP contribution in [0.25, 0.3) is 16.6 Å². The van der Waals surface area contributed by atoms with E-state index in [0.29, 0.717) is 46.3 Å². The van der Waals surface area contributed by atoms with Gasteiger partial charge in [-0.15, -0.1) is 0 Å². The van der Waals surface area contributed by atoms with Crippen molar-refractivity contribution >= 4 is 28.3 Å². The summed E-state index contributed by atoms with van der Waals surface area (Å²) in [7, 11) is 0. The molecule has 1 fully saturated rings. The minimum absolute atomic E-state index is 0.170. The van der Waals surface area contributed by atoms with Gasteiger partial charge in [-0.3, -0.25) is 24.0 Å². The quantitative estimate of drug-likeness (QED) is 0.222. The Morgan fingerprint density at radius 2 is 1.71 bits per heavy atom. The molecule has 1 aliphatic rings. The number of para-hydroxylation sites is 1. The Kier molecular flexibility index (Phi) is 9.51. The summed E-state index contributed by atoms with van der Waals surface area (Å²) in [6, 6.07) is 19.2. The van der Waals surface area contributed by atoms with Gasteiger partial charge < -0.3 is 9.47 Å². The second-order valence-corrected chi connectivity index (χ2v) is 10.9. The first kappa shape index (κ1) is 29.7. The molecule has 42 heavy (non-hydrogen) atoms. The monoisotopic (exact) mass is 592 g/mol. The van der Waals surface area contributed by atoms with E-state index >= 15 is 0 Å². The van der Waals surface area contributed by atoms with Crippen LogP contribution in [0.4, 0.5) is 4.39 Å². The highest BCUT2D eigenvalue weighted by molar-refractivity contribution is 6.30. The van der Waals surface area contributed by atoms with Gasteiger partial charge in [0.1, 0.15) is 23.9 Å². The number of fused-ring (bicyclic) bond motifs is 1. The molecular weight excluding hydrogens is 559 g/mol. The average molecular weight is 593 g/mol. The van der Waals surface area contributed by atoms with Crippen molar-refractivity contribution in [3.8, 4) is 17.2 Å². The van der Waals surface area contributed by atoms with Crippen LogP contribution in [0.15, 0.2) is 71.5 Å². The first-order valence-corrected chi connectivity index (χ1v) is 14.4. The zero-order valence-electron chi connectivity index (χ0n) is 23.8. The molecule has 8 nitrogen and oxygen atoms in total. The van der Waals surface area contributed by atoms with E-state index in [4.69, 9.17) is 26.1 Å². The highest BCUT2D eigenvalue weighted by atomic mass is 35.5. The van der Waals surface area contributed by atoms with Crippen molar-refractivity contribution in [3.05, 3.63) is 93.5 Å². The molecule has 2 heterocycles. The number of hydrogen-bond acceptors (Lipinski definition) is 7. The number of hydrogen-bond donors (Lipinski definition) is 0. The van der Waals surface area contributed by atoms with Crippen molar-refractivity contribution in [1.29, 1.82) is 0 Å². The maximum atomic E-state index is 13.9. The number of benzene rings is 3. The largest absolute Gasteiger partial charge is 0.492 e. The van der Waals surface area contributed by atoms with Gasteiger partial charge in [0, 0.05) is 43.3 Å². The summed E-state index contributed by atoms with van der Waals surface area (Å²) in [4.78, 5) is 35.7. The SMILES string of the molecule is CC(C)Oc1ccc(C(=O)CF)cc1-n1c(CN2CCN(CCOc3ccc(Cl)cc3)CC2)nc2ccccc2c1=O. The molecule has 0 unspecified atom stereocenters. The van der Waals surface area contributed by atoms with Gasteiger partial charge in [-0.2, -0.15) is 0 Å². The van der Waals surface area contributed by atoms with Crippen LogP contribution >= 0.6 is 11.6 Å². The Labute approximate surface area is 249 Å². The van der Waals surface area contributed by atoms with E-state index < -0.39 is 12.5 Å². The summed E-state index contributed by atoms with van der Waals surface area (Å²) in [5.41, 5.74) is 0.865. The van der Waals surface area contributed by atoms with Crippen LogP contribution in [-0.2, 0) is 6.54 Å². The third-order valence-electron chi connectivity index (χ3n) is 7.17. The molecule has 0 N–H and O–H groups in total. The number of halogens is 2. The molecule has 0 aliphatic carbocycles. The van der Waals surface area contributed by atoms with E-state index in [-0.39, 0.29) is 17.2 Å². The summed E-state index contributed by atoms with van der Waals surface area (Å²) >= 11 is 5.95. The molecular formula is C32H34ClFN4O4. The Hall–Kier alpha value is -3.79. The van der Waals surface area contributed by atoms with E-state index in [0.717, 1.165) is 38.5 Å². The number of nitrogens with zero attached hydrogens (tertiary/aromatic N) is 4. The predicted molar refractivity (Wildman–Crippen MR) is 162 cm³/mol. The zero-order valence-corrected chi connectivity index (χ0v) is 24.5.